The minimum absolute atomic E-state index is 0.00897. The van der Waals surface area contributed by atoms with E-state index in [2.05, 4.69) is 15.9 Å². The van der Waals surface area contributed by atoms with E-state index in [1.165, 1.54) is 0 Å². The van der Waals surface area contributed by atoms with E-state index in [-0.39, 0.29) is 24.4 Å². The summed E-state index contributed by atoms with van der Waals surface area (Å²) < 4.78 is 31.7. The van der Waals surface area contributed by atoms with Crippen molar-refractivity contribution >= 4 is 44.5 Å². The van der Waals surface area contributed by atoms with Crippen LogP contribution in [-0.4, -0.2) is 54.5 Å². The molecule has 4 rings (SSSR count). The first-order valence-electron chi connectivity index (χ1n) is 10.4. The summed E-state index contributed by atoms with van der Waals surface area (Å²) in [6.07, 6.45) is 2.23. The van der Waals surface area contributed by atoms with Crippen LogP contribution in [0.15, 0.2) is 64.1 Å². The zero-order valence-corrected chi connectivity index (χ0v) is 19.7. The number of aromatic hydroxyl groups is 1. The summed E-state index contributed by atoms with van der Waals surface area (Å²) in [5, 5.41) is 29.4. The quantitative estimate of drug-likeness (QED) is 0.307. The van der Waals surface area contributed by atoms with Crippen LogP contribution in [0, 0.1) is 0 Å². The number of hydrogen-bond acceptors (Lipinski definition) is 6. The van der Waals surface area contributed by atoms with Crippen LogP contribution in [0.25, 0.3) is 11.6 Å². The van der Waals surface area contributed by atoms with Crippen LogP contribution >= 0.6 is 15.9 Å². The molecule has 168 valence electrons. The van der Waals surface area contributed by atoms with E-state index in [4.69, 9.17) is 4.65 Å². The molecule has 2 aromatic carbocycles. The number of allylic oxidation sites excluding steroid dienone is 1. The van der Waals surface area contributed by atoms with Gasteiger partial charge in [-0.25, -0.2) is 8.42 Å². The molecule has 0 unspecified atom stereocenters. The summed E-state index contributed by atoms with van der Waals surface area (Å²) in [6.45, 7) is -0.339. The van der Waals surface area contributed by atoms with Crippen LogP contribution in [-0.2, 0) is 14.5 Å². The Morgan fingerprint density at radius 1 is 1.22 bits per heavy atom. The highest BCUT2D eigenvalue weighted by Gasteiger charge is 2.48. The van der Waals surface area contributed by atoms with E-state index in [9.17, 15) is 23.7 Å². The SMILES string of the molecule is O=S1(=O)CC(CO)=C2[C@@H](CC/C(=C/c3cc(Br)ccc3O)c3ccccc3)OB(O)C[C@@H]21. The second kappa shape index (κ2) is 9.53. The predicted molar refractivity (Wildman–Crippen MR) is 129 cm³/mol. The number of halogens is 1. The van der Waals surface area contributed by atoms with E-state index in [1.54, 1.807) is 12.1 Å². The molecule has 0 aromatic heterocycles. The molecule has 2 heterocycles. The van der Waals surface area contributed by atoms with Crippen LogP contribution in [0.5, 0.6) is 5.75 Å². The summed E-state index contributed by atoms with van der Waals surface area (Å²) in [7, 11) is -4.62. The van der Waals surface area contributed by atoms with E-state index in [0.29, 0.717) is 29.6 Å². The fourth-order valence-electron chi connectivity index (χ4n) is 4.49. The first-order chi connectivity index (χ1) is 15.3. The summed E-state index contributed by atoms with van der Waals surface area (Å²) in [5.74, 6) is -0.0400. The fraction of sp³-hybridized carbons (Fsp3) is 0.304. The van der Waals surface area contributed by atoms with Crippen molar-refractivity contribution in [3.63, 3.8) is 0 Å². The molecule has 2 aliphatic rings. The third kappa shape index (κ3) is 4.87. The van der Waals surface area contributed by atoms with Gasteiger partial charge >= 0.3 is 7.12 Å². The van der Waals surface area contributed by atoms with Crippen molar-refractivity contribution in [1.29, 1.82) is 0 Å². The van der Waals surface area contributed by atoms with E-state index in [1.807, 2.05) is 42.5 Å². The van der Waals surface area contributed by atoms with Gasteiger partial charge in [-0.1, -0.05) is 46.3 Å². The summed E-state index contributed by atoms with van der Waals surface area (Å²) in [4.78, 5) is 0. The Morgan fingerprint density at radius 3 is 2.69 bits per heavy atom. The van der Waals surface area contributed by atoms with Crippen LogP contribution in [0.3, 0.4) is 0 Å². The number of fused-ring (bicyclic) bond motifs is 1. The highest BCUT2D eigenvalue weighted by atomic mass is 79.9. The highest BCUT2D eigenvalue weighted by Crippen LogP contribution is 2.40. The van der Waals surface area contributed by atoms with Gasteiger partial charge in [0.25, 0.3) is 0 Å². The van der Waals surface area contributed by atoms with E-state index < -0.39 is 28.3 Å². The molecule has 3 N–H and O–H groups in total. The molecular weight excluding hydrogens is 495 g/mol. The lowest BCUT2D eigenvalue weighted by Gasteiger charge is -2.32. The zero-order valence-electron chi connectivity index (χ0n) is 17.3. The van der Waals surface area contributed by atoms with Gasteiger partial charge in [0, 0.05) is 16.4 Å². The fourth-order valence-corrected chi connectivity index (χ4v) is 6.97. The van der Waals surface area contributed by atoms with E-state index in [0.717, 1.165) is 15.6 Å². The molecule has 2 aliphatic heterocycles. The molecule has 32 heavy (non-hydrogen) atoms. The van der Waals surface area contributed by atoms with Gasteiger partial charge in [0.05, 0.1) is 23.7 Å². The van der Waals surface area contributed by atoms with Gasteiger partial charge in [0.15, 0.2) is 9.84 Å². The van der Waals surface area contributed by atoms with Crippen molar-refractivity contribution in [1.82, 2.24) is 0 Å². The topological polar surface area (TPSA) is 104 Å². The summed E-state index contributed by atoms with van der Waals surface area (Å²) in [5.41, 5.74) is 3.62. The van der Waals surface area contributed by atoms with E-state index >= 15 is 0 Å². The Bertz CT molecular complexity index is 1160. The van der Waals surface area contributed by atoms with Crippen molar-refractivity contribution in [2.45, 2.75) is 30.5 Å². The average Bonchev–Trinajstić information content (AvgIpc) is 3.04. The maximum absolute atomic E-state index is 12.6. The molecule has 0 amide bonds. The molecule has 0 aliphatic carbocycles. The maximum Gasteiger partial charge on any atom is 0.456 e. The first-order valence-corrected chi connectivity index (χ1v) is 12.9. The summed E-state index contributed by atoms with van der Waals surface area (Å²) in [6, 6.07) is 14.9. The molecule has 1 saturated heterocycles. The number of phenolic OH excluding ortho intramolecular Hbond substituents is 1. The lowest BCUT2D eigenvalue weighted by Crippen LogP contribution is -2.42. The van der Waals surface area contributed by atoms with Gasteiger partial charge in [-0.3, -0.25) is 0 Å². The minimum atomic E-state index is -3.45. The largest absolute Gasteiger partial charge is 0.507 e. The van der Waals surface area contributed by atoms with Crippen LogP contribution in [0.2, 0.25) is 6.32 Å². The Kier molecular flexibility index (Phi) is 6.93. The highest BCUT2D eigenvalue weighted by molar-refractivity contribution is 9.10. The van der Waals surface area contributed by atoms with Crippen molar-refractivity contribution in [2.75, 3.05) is 12.4 Å². The van der Waals surface area contributed by atoms with Gasteiger partial charge in [0.1, 0.15) is 5.75 Å². The van der Waals surface area contributed by atoms with Crippen molar-refractivity contribution in [2.24, 2.45) is 0 Å². The summed E-state index contributed by atoms with van der Waals surface area (Å²) >= 11 is 3.43. The molecular formula is C23H24BBrO6S. The van der Waals surface area contributed by atoms with Crippen molar-refractivity contribution < 1.29 is 28.3 Å². The predicted octanol–water partition coefficient (Wildman–Crippen LogP) is 3.44. The Balaban J connectivity index is 1.66. The normalized spacial score (nSPS) is 22.8. The minimum Gasteiger partial charge on any atom is -0.507 e. The molecule has 0 spiro atoms. The standard InChI is InChI=1S/C23H24BBrO6S/c25-19-7-8-20(27)17(11-19)10-16(15-4-2-1-3-5-15)6-9-21-23-18(13-26)14-32(29,30)22(23)12-24(28)31-21/h1-5,7-8,10-11,21-22,26-28H,6,9,12-14H2/b16-10-/t21-,22+/m1/s1. The average molecular weight is 519 g/mol. The second-order valence-electron chi connectivity index (χ2n) is 8.11. The van der Waals surface area contributed by atoms with Crippen LogP contribution in [0.1, 0.15) is 24.0 Å². The monoisotopic (exact) mass is 518 g/mol. The number of rotatable bonds is 6. The smallest absolute Gasteiger partial charge is 0.456 e. The van der Waals surface area contributed by atoms with Gasteiger partial charge < -0.3 is 19.9 Å². The van der Waals surface area contributed by atoms with Gasteiger partial charge in [-0.15, -0.1) is 0 Å². The third-order valence-corrected chi connectivity index (χ3v) is 8.54. The lowest BCUT2D eigenvalue weighted by molar-refractivity contribution is 0.169. The Labute approximate surface area is 196 Å². The zero-order chi connectivity index (χ0) is 22.9. The van der Waals surface area contributed by atoms with Crippen molar-refractivity contribution in [3.05, 3.63) is 75.3 Å². The number of phenols is 1. The van der Waals surface area contributed by atoms with Gasteiger partial charge in [0.2, 0.25) is 0 Å². The molecule has 0 radical (unpaired) electrons. The maximum atomic E-state index is 12.6. The molecule has 2 atom stereocenters. The molecule has 0 bridgehead atoms. The van der Waals surface area contributed by atoms with Crippen molar-refractivity contribution in [3.8, 4) is 5.75 Å². The second-order valence-corrected chi connectivity index (χ2v) is 11.2. The molecule has 2 aromatic rings. The number of hydrogen-bond donors (Lipinski definition) is 3. The Hall–Kier alpha value is -1.91. The Morgan fingerprint density at radius 2 is 1.97 bits per heavy atom. The van der Waals surface area contributed by atoms with Crippen LogP contribution < -0.4 is 0 Å². The molecule has 0 saturated carbocycles. The first kappa shape index (κ1) is 23.3. The van der Waals surface area contributed by atoms with Gasteiger partial charge in [-0.05, 0) is 59.4 Å². The number of benzene rings is 2. The number of aliphatic hydroxyl groups is 1. The molecule has 1 fully saturated rings. The molecule has 6 nitrogen and oxygen atoms in total. The van der Waals surface area contributed by atoms with Crippen LogP contribution in [0.4, 0.5) is 0 Å². The lowest BCUT2D eigenvalue weighted by atomic mass is 9.74. The number of aliphatic hydroxyl groups excluding tert-OH is 1. The van der Waals surface area contributed by atoms with Gasteiger partial charge in [-0.2, -0.15) is 0 Å². The number of sulfone groups is 1. The third-order valence-electron chi connectivity index (χ3n) is 5.98. The molecule has 9 heteroatoms.